The van der Waals surface area contributed by atoms with E-state index in [2.05, 4.69) is 24.1 Å². The molecule has 7 heteroatoms. The van der Waals surface area contributed by atoms with Gasteiger partial charge in [0, 0.05) is 6.54 Å². The third kappa shape index (κ3) is 5.40. The zero-order chi connectivity index (χ0) is 21.0. The molecule has 0 atom stereocenters. The van der Waals surface area contributed by atoms with Crippen LogP contribution in [0.4, 0.5) is 5.69 Å². The topological polar surface area (TPSA) is 64.0 Å². The van der Waals surface area contributed by atoms with Gasteiger partial charge in [0.25, 0.3) is 5.56 Å². The van der Waals surface area contributed by atoms with E-state index >= 15 is 0 Å². The van der Waals surface area contributed by atoms with E-state index in [-0.39, 0.29) is 17.2 Å². The number of rotatable bonds is 7. The zero-order valence-corrected chi connectivity index (χ0v) is 18.3. The van der Waals surface area contributed by atoms with Crippen LogP contribution in [0.2, 0.25) is 5.02 Å². The number of halogens is 1. The Kier molecular flexibility index (Phi) is 6.98. The molecule has 3 aromatic rings. The molecule has 0 aliphatic rings. The fourth-order valence-electron chi connectivity index (χ4n) is 2.88. The molecule has 0 aliphatic carbocycles. The number of carbonyl (C=O) groups is 1. The fourth-order valence-corrected chi connectivity index (χ4v) is 3.99. The Bertz CT molecular complexity index is 1100. The summed E-state index contributed by atoms with van der Waals surface area (Å²) in [5.41, 5.74) is 2.17. The van der Waals surface area contributed by atoms with Crippen molar-refractivity contribution in [3.05, 3.63) is 63.4 Å². The van der Waals surface area contributed by atoms with E-state index in [1.165, 1.54) is 11.8 Å². The van der Waals surface area contributed by atoms with Crippen molar-refractivity contribution in [3.8, 4) is 0 Å². The molecule has 3 rings (SSSR count). The highest BCUT2D eigenvalue weighted by Crippen LogP contribution is 2.24. The number of nitrogens with zero attached hydrogens (tertiary/aromatic N) is 2. The molecule has 1 amide bonds. The number of nitrogens with one attached hydrogen (secondary N) is 1. The molecule has 0 spiro atoms. The molecule has 0 bridgehead atoms. The largest absolute Gasteiger partial charge is 0.324 e. The highest BCUT2D eigenvalue weighted by Gasteiger charge is 2.14. The van der Waals surface area contributed by atoms with Crippen molar-refractivity contribution < 1.29 is 4.79 Å². The highest BCUT2D eigenvalue weighted by atomic mass is 35.5. The van der Waals surface area contributed by atoms with Crippen molar-refractivity contribution in [3.63, 3.8) is 0 Å². The minimum atomic E-state index is -0.196. The number of thioether (sulfide) groups is 1. The molecule has 1 heterocycles. The summed E-state index contributed by atoms with van der Waals surface area (Å²) in [7, 11) is 0. The average Bonchev–Trinajstić information content (AvgIpc) is 2.68. The second-order valence-electron chi connectivity index (χ2n) is 7.37. The monoisotopic (exact) mass is 429 g/mol. The van der Waals surface area contributed by atoms with Crippen LogP contribution in [0.3, 0.4) is 0 Å². The molecule has 0 saturated carbocycles. The third-order valence-electron chi connectivity index (χ3n) is 4.49. The summed E-state index contributed by atoms with van der Waals surface area (Å²) < 4.78 is 1.68. The van der Waals surface area contributed by atoms with Gasteiger partial charge in [0.05, 0.1) is 27.4 Å². The van der Waals surface area contributed by atoms with Gasteiger partial charge in [-0.25, -0.2) is 4.98 Å². The second kappa shape index (κ2) is 9.46. The highest BCUT2D eigenvalue weighted by molar-refractivity contribution is 7.99. The SMILES string of the molecule is Cc1ccc(NC(=O)CSc2nc3ccccc3c(=O)n2CCC(C)C)c(Cl)c1. The molecule has 0 radical (unpaired) electrons. The molecule has 1 aromatic heterocycles. The number of fused-ring (bicyclic) bond motifs is 1. The molecule has 2 aromatic carbocycles. The first-order valence-electron chi connectivity index (χ1n) is 9.53. The van der Waals surface area contributed by atoms with Gasteiger partial charge >= 0.3 is 0 Å². The lowest BCUT2D eigenvalue weighted by atomic mass is 10.1. The number of aryl methyl sites for hydroxylation is 1. The smallest absolute Gasteiger partial charge is 0.262 e. The summed E-state index contributed by atoms with van der Waals surface area (Å²) >= 11 is 7.45. The lowest BCUT2D eigenvalue weighted by Gasteiger charge is -2.14. The van der Waals surface area contributed by atoms with Crippen LogP contribution in [-0.2, 0) is 11.3 Å². The standard InChI is InChI=1S/C22H24ClN3O2S/c1-14(2)10-11-26-21(28)16-6-4-5-7-18(16)25-22(26)29-13-20(27)24-19-9-8-15(3)12-17(19)23/h4-9,12,14H,10-11,13H2,1-3H3,(H,24,27). The van der Waals surface area contributed by atoms with Crippen molar-refractivity contribution in [2.75, 3.05) is 11.1 Å². The summed E-state index contributed by atoms with van der Waals surface area (Å²) in [4.78, 5) is 30.1. The molecule has 0 unspecified atom stereocenters. The van der Waals surface area contributed by atoms with Gasteiger partial charge in [-0.2, -0.15) is 0 Å². The van der Waals surface area contributed by atoms with Gasteiger partial charge < -0.3 is 5.32 Å². The van der Waals surface area contributed by atoms with E-state index in [0.717, 1.165) is 12.0 Å². The maximum absolute atomic E-state index is 13.0. The molecule has 29 heavy (non-hydrogen) atoms. The van der Waals surface area contributed by atoms with Crippen LogP contribution in [-0.4, -0.2) is 21.2 Å². The normalized spacial score (nSPS) is 11.2. The number of hydrogen-bond acceptors (Lipinski definition) is 4. The maximum Gasteiger partial charge on any atom is 0.262 e. The summed E-state index contributed by atoms with van der Waals surface area (Å²) in [6.45, 7) is 6.74. The first-order chi connectivity index (χ1) is 13.8. The lowest BCUT2D eigenvalue weighted by molar-refractivity contribution is -0.113. The lowest BCUT2D eigenvalue weighted by Crippen LogP contribution is -2.25. The van der Waals surface area contributed by atoms with E-state index in [0.29, 0.717) is 39.2 Å². The van der Waals surface area contributed by atoms with Crippen molar-refractivity contribution in [1.82, 2.24) is 9.55 Å². The summed E-state index contributed by atoms with van der Waals surface area (Å²) in [6, 6.07) is 12.8. The number of hydrogen-bond donors (Lipinski definition) is 1. The first kappa shape index (κ1) is 21.4. The van der Waals surface area contributed by atoms with E-state index in [1.54, 1.807) is 22.8 Å². The Morgan fingerprint density at radius 1 is 1.24 bits per heavy atom. The van der Waals surface area contributed by atoms with Crippen LogP contribution in [0, 0.1) is 12.8 Å². The molecule has 152 valence electrons. The Hall–Kier alpha value is -2.31. The van der Waals surface area contributed by atoms with Crippen molar-refractivity contribution in [2.24, 2.45) is 5.92 Å². The van der Waals surface area contributed by atoms with Crippen LogP contribution in [0.1, 0.15) is 25.8 Å². The molecule has 0 fully saturated rings. The van der Waals surface area contributed by atoms with Gasteiger partial charge in [-0.15, -0.1) is 0 Å². The Balaban J connectivity index is 1.81. The van der Waals surface area contributed by atoms with Crippen LogP contribution >= 0.6 is 23.4 Å². The van der Waals surface area contributed by atoms with E-state index in [4.69, 9.17) is 11.6 Å². The van der Waals surface area contributed by atoms with Crippen LogP contribution in [0.15, 0.2) is 52.4 Å². The van der Waals surface area contributed by atoms with Crippen LogP contribution in [0.5, 0.6) is 0 Å². The molecule has 0 saturated heterocycles. The predicted molar refractivity (Wildman–Crippen MR) is 121 cm³/mol. The average molecular weight is 430 g/mol. The van der Waals surface area contributed by atoms with Gasteiger partial charge in [-0.1, -0.05) is 55.4 Å². The van der Waals surface area contributed by atoms with E-state index in [9.17, 15) is 9.59 Å². The van der Waals surface area contributed by atoms with Gasteiger partial charge in [-0.05, 0) is 49.1 Å². The number of aromatic nitrogens is 2. The number of anilines is 1. The Labute approximate surface area is 179 Å². The second-order valence-corrected chi connectivity index (χ2v) is 8.72. The predicted octanol–water partition coefficient (Wildman–Crippen LogP) is 5.14. The van der Waals surface area contributed by atoms with E-state index in [1.807, 2.05) is 31.2 Å². The fraction of sp³-hybridized carbons (Fsp3) is 0.318. The van der Waals surface area contributed by atoms with Gasteiger partial charge in [0.2, 0.25) is 5.91 Å². The van der Waals surface area contributed by atoms with E-state index < -0.39 is 0 Å². The molecule has 0 aliphatic heterocycles. The Morgan fingerprint density at radius 2 is 2.00 bits per heavy atom. The minimum absolute atomic E-state index is 0.0688. The first-order valence-corrected chi connectivity index (χ1v) is 10.9. The maximum atomic E-state index is 13.0. The number of benzene rings is 2. The Morgan fingerprint density at radius 3 is 2.72 bits per heavy atom. The van der Waals surface area contributed by atoms with Crippen molar-refractivity contribution >= 4 is 45.9 Å². The molecular weight excluding hydrogens is 406 g/mol. The summed E-state index contributed by atoms with van der Waals surface area (Å²) in [5, 5.41) is 4.47. The van der Waals surface area contributed by atoms with Crippen LogP contribution in [0.25, 0.3) is 10.9 Å². The number of carbonyl (C=O) groups excluding carboxylic acids is 1. The van der Waals surface area contributed by atoms with Gasteiger partial charge in [0.1, 0.15) is 0 Å². The van der Waals surface area contributed by atoms with Crippen LogP contribution < -0.4 is 10.9 Å². The van der Waals surface area contributed by atoms with Gasteiger partial charge in [-0.3, -0.25) is 14.2 Å². The third-order valence-corrected chi connectivity index (χ3v) is 5.78. The van der Waals surface area contributed by atoms with Crippen molar-refractivity contribution in [1.29, 1.82) is 0 Å². The minimum Gasteiger partial charge on any atom is -0.324 e. The molecule has 1 N–H and O–H groups in total. The van der Waals surface area contributed by atoms with Crippen molar-refractivity contribution in [2.45, 2.75) is 38.9 Å². The summed E-state index contributed by atoms with van der Waals surface area (Å²) in [6.07, 6.45) is 0.860. The van der Waals surface area contributed by atoms with Gasteiger partial charge in [0.15, 0.2) is 5.16 Å². The quantitative estimate of drug-likeness (QED) is 0.417. The summed E-state index contributed by atoms with van der Waals surface area (Å²) in [5.74, 6) is 0.396. The number of amides is 1. The number of para-hydroxylation sites is 1. The zero-order valence-electron chi connectivity index (χ0n) is 16.7. The molecule has 5 nitrogen and oxygen atoms in total. The molecular formula is C22H24ClN3O2S.